The molecule has 5 nitrogen and oxygen atoms in total. The van der Waals surface area contributed by atoms with Gasteiger partial charge in [0, 0.05) is 4.47 Å². The average Bonchev–Trinajstić information content (AvgIpc) is 3.28. The second-order valence-electron chi connectivity index (χ2n) is 10.0. The number of hydrogen-bond donors (Lipinski definition) is 0. The number of allylic oxidation sites excluding steroid dienone is 2. The fraction of sp³-hybridized carbons (Fsp3) is 0.235. The maximum atomic E-state index is 14.0. The minimum atomic E-state index is -0.217. The molecule has 0 amide bonds. The zero-order valence-corrected chi connectivity index (χ0v) is 25.5. The van der Waals surface area contributed by atoms with Crippen molar-refractivity contribution in [2.75, 3.05) is 13.2 Å². The zero-order valence-electron chi connectivity index (χ0n) is 23.1. The summed E-state index contributed by atoms with van der Waals surface area (Å²) in [5.74, 6) is 1.69. The average molecular weight is 628 g/mol. The van der Waals surface area contributed by atoms with Crippen molar-refractivity contribution >= 4 is 39.4 Å². The molecule has 0 saturated heterocycles. The Labute approximate surface area is 251 Å². The van der Waals surface area contributed by atoms with Crippen molar-refractivity contribution in [3.8, 4) is 11.5 Å². The van der Waals surface area contributed by atoms with Gasteiger partial charge in [-0.05, 0) is 109 Å². The highest BCUT2D eigenvalue weighted by Crippen LogP contribution is 2.41. The molecule has 7 heteroatoms. The first-order valence-corrected chi connectivity index (χ1v) is 15.6. The van der Waals surface area contributed by atoms with Gasteiger partial charge in [-0.3, -0.25) is 9.36 Å². The highest BCUT2D eigenvalue weighted by atomic mass is 79.9. The number of benzene rings is 3. The quantitative estimate of drug-likeness (QED) is 0.221. The Balaban J connectivity index is 1.51. The molecule has 1 aliphatic heterocycles. The van der Waals surface area contributed by atoms with Gasteiger partial charge < -0.3 is 9.47 Å². The predicted molar refractivity (Wildman–Crippen MR) is 169 cm³/mol. The van der Waals surface area contributed by atoms with Gasteiger partial charge in [0.2, 0.25) is 0 Å². The van der Waals surface area contributed by atoms with Crippen LogP contribution in [0.5, 0.6) is 11.5 Å². The van der Waals surface area contributed by atoms with Crippen LogP contribution in [-0.2, 0) is 0 Å². The Hall–Kier alpha value is -3.68. The van der Waals surface area contributed by atoms with Crippen molar-refractivity contribution in [2.24, 2.45) is 4.99 Å². The smallest absolute Gasteiger partial charge is 0.271 e. The van der Waals surface area contributed by atoms with E-state index in [2.05, 4.69) is 46.3 Å². The summed E-state index contributed by atoms with van der Waals surface area (Å²) in [7, 11) is 0. The summed E-state index contributed by atoms with van der Waals surface area (Å²) in [5, 5.41) is 0. The largest absolute Gasteiger partial charge is 0.494 e. The van der Waals surface area contributed by atoms with Crippen molar-refractivity contribution in [3.63, 3.8) is 0 Å². The van der Waals surface area contributed by atoms with E-state index in [1.54, 1.807) is 0 Å². The normalized spacial score (nSPS) is 17.7. The van der Waals surface area contributed by atoms with E-state index in [9.17, 15) is 4.79 Å². The number of fused-ring (bicyclic) bond motifs is 1. The molecule has 4 aromatic rings. The minimum absolute atomic E-state index is 0.0122. The molecule has 1 aromatic heterocycles. The number of thiazole rings is 1. The number of halogens is 1. The zero-order chi connectivity index (χ0) is 28.3. The third-order valence-corrected chi connectivity index (χ3v) is 8.79. The molecule has 208 valence electrons. The van der Waals surface area contributed by atoms with Crippen LogP contribution in [-0.4, -0.2) is 17.8 Å². The molecule has 2 heterocycles. The Bertz CT molecular complexity index is 1820. The Morgan fingerprint density at radius 2 is 1.63 bits per heavy atom. The molecule has 0 saturated carbocycles. The van der Waals surface area contributed by atoms with Gasteiger partial charge >= 0.3 is 0 Å². The van der Waals surface area contributed by atoms with E-state index < -0.39 is 0 Å². The van der Waals surface area contributed by atoms with Crippen molar-refractivity contribution in [1.82, 2.24) is 4.57 Å². The van der Waals surface area contributed by atoms with Gasteiger partial charge in [-0.15, -0.1) is 0 Å². The van der Waals surface area contributed by atoms with Crippen LogP contribution in [0.15, 0.2) is 104 Å². The molecular formula is C34H31BrN2O3S. The van der Waals surface area contributed by atoms with E-state index in [1.165, 1.54) is 22.5 Å². The maximum Gasteiger partial charge on any atom is 0.271 e. The molecule has 0 spiro atoms. The first kappa shape index (κ1) is 27.5. The van der Waals surface area contributed by atoms with E-state index in [0.29, 0.717) is 17.7 Å². The van der Waals surface area contributed by atoms with Crippen LogP contribution in [0.2, 0.25) is 0 Å². The summed E-state index contributed by atoms with van der Waals surface area (Å²) in [4.78, 5) is 19.9. The number of nitrogens with zero attached hydrogens (tertiary/aromatic N) is 2. The number of aromatic nitrogens is 1. The summed E-state index contributed by atoms with van der Waals surface area (Å²) in [6.07, 6.45) is 7.04. The lowest BCUT2D eigenvalue weighted by Crippen LogP contribution is -2.39. The molecule has 0 N–H and O–H groups in total. The van der Waals surface area contributed by atoms with E-state index >= 15 is 0 Å². The molecule has 3 aromatic carbocycles. The van der Waals surface area contributed by atoms with Crippen LogP contribution in [0.25, 0.3) is 12.2 Å². The lowest BCUT2D eigenvalue weighted by molar-refractivity contribution is 0.340. The topological polar surface area (TPSA) is 52.8 Å². The fourth-order valence-electron chi connectivity index (χ4n) is 5.55. The van der Waals surface area contributed by atoms with Crippen LogP contribution < -0.4 is 24.4 Å². The maximum absolute atomic E-state index is 14.0. The second-order valence-corrected chi connectivity index (χ2v) is 12.0. The minimum Gasteiger partial charge on any atom is -0.494 e. The van der Waals surface area contributed by atoms with E-state index in [0.717, 1.165) is 62.4 Å². The van der Waals surface area contributed by atoms with Crippen molar-refractivity contribution < 1.29 is 9.47 Å². The molecular weight excluding hydrogens is 596 g/mol. The van der Waals surface area contributed by atoms with Gasteiger partial charge in [0.1, 0.15) is 11.5 Å². The highest BCUT2D eigenvalue weighted by Gasteiger charge is 2.32. The molecule has 2 aliphatic rings. The monoisotopic (exact) mass is 626 g/mol. The van der Waals surface area contributed by atoms with E-state index in [-0.39, 0.29) is 11.6 Å². The van der Waals surface area contributed by atoms with Crippen LogP contribution in [0.3, 0.4) is 0 Å². The van der Waals surface area contributed by atoms with Crippen LogP contribution in [0, 0.1) is 0 Å². The lowest BCUT2D eigenvalue weighted by atomic mass is 9.84. The Morgan fingerprint density at radius 3 is 2.32 bits per heavy atom. The SMILES string of the molecule is CCOc1ccc(/C=C2\CCCC3=C2N=c2s/c(=C/c4cccc(Br)c4)c(=O)n2[C@H]3c2ccc(OCC)cc2)cc1. The third-order valence-electron chi connectivity index (χ3n) is 7.32. The molecule has 0 fully saturated rings. The van der Waals surface area contributed by atoms with Gasteiger partial charge in [-0.25, -0.2) is 4.99 Å². The van der Waals surface area contributed by atoms with E-state index in [1.807, 2.05) is 73.0 Å². The first-order valence-electron chi connectivity index (χ1n) is 14.0. The van der Waals surface area contributed by atoms with Gasteiger partial charge in [-0.1, -0.05) is 63.7 Å². The van der Waals surface area contributed by atoms with Crippen molar-refractivity contribution in [2.45, 2.75) is 39.2 Å². The third kappa shape index (κ3) is 5.74. The van der Waals surface area contributed by atoms with Crippen LogP contribution >= 0.6 is 27.3 Å². The first-order chi connectivity index (χ1) is 20.0. The number of rotatable bonds is 7. The molecule has 1 atom stereocenters. The molecule has 41 heavy (non-hydrogen) atoms. The summed E-state index contributed by atoms with van der Waals surface area (Å²) in [5.41, 5.74) is 6.55. The van der Waals surface area contributed by atoms with Gasteiger partial charge in [-0.2, -0.15) is 0 Å². The van der Waals surface area contributed by atoms with Crippen LogP contribution in [0.4, 0.5) is 0 Å². The lowest BCUT2D eigenvalue weighted by Gasteiger charge is -2.31. The molecule has 6 rings (SSSR count). The predicted octanol–water partition coefficient (Wildman–Crippen LogP) is 7.04. The Kier molecular flexibility index (Phi) is 8.08. The van der Waals surface area contributed by atoms with Crippen LogP contribution in [0.1, 0.15) is 55.8 Å². The summed E-state index contributed by atoms with van der Waals surface area (Å²) in [6.45, 7) is 5.23. The highest BCUT2D eigenvalue weighted by molar-refractivity contribution is 9.10. The standard InChI is InChI=1S/C34H31BrN2O3S/c1-3-39-27-15-11-22(12-16-27)19-25-8-6-10-29-31(25)36-34-37(32(29)24-13-17-28(18-14-24)40-4-2)33(38)30(41-34)21-23-7-5-9-26(35)20-23/h5,7,9,11-21,32H,3-4,6,8,10H2,1-2H3/b25-19+,30-21+/t32-/m0/s1. The molecule has 1 aliphatic carbocycles. The summed E-state index contributed by atoms with van der Waals surface area (Å²) >= 11 is 5.00. The van der Waals surface area contributed by atoms with E-state index in [4.69, 9.17) is 14.5 Å². The molecule has 0 unspecified atom stereocenters. The molecule has 0 radical (unpaired) electrons. The summed E-state index contributed by atoms with van der Waals surface area (Å²) in [6, 6.07) is 24.1. The molecule has 0 bridgehead atoms. The van der Waals surface area contributed by atoms with Crippen molar-refractivity contribution in [3.05, 3.63) is 130 Å². The second kappa shape index (κ2) is 12.0. The van der Waals surface area contributed by atoms with Gasteiger partial charge in [0.05, 0.1) is 29.5 Å². The number of hydrogen-bond acceptors (Lipinski definition) is 5. The fourth-order valence-corrected chi connectivity index (χ4v) is 6.96. The number of ether oxygens (including phenoxy) is 2. The Morgan fingerprint density at radius 1 is 0.927 bits per heavy atom. The van der Waals surface area contributed by atoms with Crippen molar-refractivity contribution in [1.29, 1.82) is 0 Å². The summed E-state index contributed by atoms with van der Waals surface area (Å²) < 4.78 is 14.9. The van der Waals surface area contributed by atoms with Gasteiger partial charge in [0.25, 0.3) is 5.56 Å². The van der Waals surface area contributed by atoms with Gasteiger partial charge in [0.15, 0.2) is 4.80 Å².